The number of anilines is 1. The van der Waals surface area contributed by atoms with Crippen LogP contribution >= 0.6 is 11.6 Å². The van der Waals surface area contributed by atoms with Crippen molar-refractivity contribution in [3.63, 3.8) is 0 Å². The standard InChI is InChI=1S/C20H17ClN2O3/c21-14-9-13(10-22-11-14)12-26-16-7-5-15(6-8-16)23-19(24)17-3-1-2-4-18(17)20(23)25/h5-11H,1-4,12H2. The molecule has 6 heteroatoms. The Hall–Kier alpha value is -2.66. The van der Waals surface area contributed by atoms with Crippen LogP contribution in [-0.4, -0.2) is 16.8 Å². The van der Waals surface area contributed by atoms with Crippen molar-refractivity contribution in [1.82, 2.24) is 4.98 Å². The van der Waals surface area contributed by atoms with Gasteiger partial charge in [0.05, 0.1) is 10.7 Å². The van der Waals surface area contributed by atoms with Gasteiger partial charge in [0.1, 0.15) is 12.4 Å². The van der Waals surface area contributed by atoms with E-state index in [1.807, 2.05) is 0 Å². The maximum absolute atomic E-state index is 12.6. The molecular formula is C20H17ClN2O3. The van der Waals surface area contributed by atoms with Crippen LogP contribution in [0.5, 0.6) is 5.75 Å². The van der Waals surface area contributed by atoms with Crippen molar-refractivity contribution >= 4 is 29.1 Å². The van der Waals surface area contributed by atoms with E-state index in [4.69, 9.17) is 16.3 Å². The summed E-state index contributed by atoms with van der Waals surface area (Å²) in [5.41, 5.74) is 2.82. The topological polar surface area (TPSA) is 59.5 Å². The number of benzene rings is 1. The maximum Gasteiger partial charge on any atom is 0.261 e. The second-order valence-corrected chi connectivity index (χ2v) is 6.84. The van der Waals surface area contributed by atoms with Gasteiger partial charge in [0.15, 0.2) is 0 Å². The molecule has 0 unspecified atom stereocenters. The SMILES string of the molecule is O=C1C2=C(CCCC2)C(=O)N1c1ccc(OCc2cncc(Cl)c2)cc1. The molecule has 0 N–H and O–H groups in total. The number of amides is 2. The molecule has 0 saturated carbocycles. The number of hydrogen-bond donors (Lipinski definition) is 0. The predicted molar refractivity (Wildman–Crippen MR) is 98.0 cm³/mol. The van der Waals surface area contributed by atoms with Crippen LogP contribution in [0.25, 0.3) is 0 Å². The van der Waals surface area contributed by atoms with Crippen molar-refractivity contribution in [2.24, 2.45) is 0 Å². The maximum atomic E-state index is 12.6. The third-order valence-electron chi connectivity index (χ3n) is 4.65. The molecule has 2 aromatic rings. The smallest absolute Gasteiger partial charge is 0.261 e. The molecule has 0 radical (unpaired) electrons. The first-order chi connectivity index (χ1) is 12.6. The lowest BCUT2D eigenvalue weighted by Gasteiger charge is -2.15. The predicted octanol–water partition coefficient (Wildman–Crippen LogP) is 4.06. The Morgan fingerprint density at radius 2 is 1.65 bits per heavy atom. The van der Waals surface area contributed by atoms with Crippen LogP contribution in [-0.2, 0) is 16.2 Å². The van der Waals surface area contributed by atoms with Crippen molar-refractivity contribution in [3.05, 3.63) is 64.5 Å². The van der Waals surface area contributed by atoms with E-state index < -0.39 is 0 Å². The van der Waals surface area contributed by atoms with E-state index in [-0.39, 0.29) is 11.8 Å². The van der Waals surface area contributed by atoms with Crippen LogP contribution in [0.4, 0.5) is 5.69 Å². The number of halogens is 1. The number of carbonyl (C=O) groups is 2. The Kier molecular flexibility index (Phi) is 4.47. The van der Waals surface area contributed by atoms with Crippen molar-refractivity contribution < 1.29 is 14.3 Å². The van der Waals surface area contributed by atoms with Crippen molar-refractivity contribution in [2.75, 3.05) is 4.90 Å². The highest BCUT2D eigenvalue weighted by atomic mass is 35.5. The molecule has 1 aliphatic heterocycles. The van der Waals surface area contributed by atoms with Gasteiger partial charge in [-0.25, -0.2) is 4.90 Å². The van der Waals surface area contributed by atoms with E-state index in [0.717, 1.165) is 18.4 Å². The largest absolute Gasteiger partial charge is 0.489 e. The second kappa shape index (κ2) is 6.92. The van der Waals surface area contributed by atoms with Gasteiger partial charge in [0.2, 0.25) is 0 Å². The molecule has 2 heterocycles. The van der Waals surface area contributed by atoms with Crippen molar-refractivity contribution in [3.8, 4) is 5.75 Å². The molecule has 2 amide bonds. The highest BCUT2D eigenvalue weighted by Gasteiger charge is 2.39. The molecular weight excluding hydrogens is 352 g/mol. The van der Waals surface area contributed by atoms with E-state index in [9.17, 15) is 9.59 Å². The Labute approximate surface area is 156 Å². The van der Waals surface area contributed by atoms with Crippen LogP contribution < -0.4 is 9.64 Å². The third-order valence-corrected chi connectivity index (χ3v) is 4.86. The summed E-state index contributed by atoms with van der Waals surface area (Å²) >= 11 is 5.91. The van der Waals surface area contributed by atoms with Crippen molar-refractivity contribution in [1.29, 1.82) is 0 Å². The van der Waals surface area contributed by atoms with E-state index in [1.54, 1.807) is 42.7 Å². The number of imide groups is 1. The average Bonchev–Trinajstić information content (AvgIpc) is 2.92. The van der Waals surface area contributed by atoms with E-state index in [1.165, 1.54) is 4.90 Å². The van der Waals surface area contributed by atoms with E-state index in [0.29, 0.717) is 47.1 Å². The van der Waals surface area contributed by atoms with Gasteiger partial charge < -0.3 is 4.74 Å². The van der Waals surface area contributed by atoms with Crippen LogP contribution in [0.2, 0.25) is 5.02 Å². The van der Waals surface area contributed by atoms with Gasteiger partial charge in [-0.15, -0.1) is 0 Å². The minimum atomic E-state index is -0.177. The molecule has 0 spiro atoms. The lowest BCUT2D eigenvalue weighted by molar-refractivity contribution is -0.120. The average molecular weight is 369 g/mol. The minimum Gasteiger partial charge on any atom is -0.489 e. The second-order valence-electron chi connectivity index (χ2n) is 6.40. The first-order valence-electron chi connectivity index (χ1n) is 8.56. The first kappa shape index (κ1) is 16.8. The van der Waals surface area contributed by atoms with Gasteiger partial charge in [0, 0.05) is 29.1 Å². The highest BCUT2D eigenvalue weighted by Crippen LogP contribution is 2.36. The molecule has 132 valence electrons. The molecule has 0 atom stereocenters. The summed E-state index contributed by atoms with van der Waals surface area (Å²) in [6.07, 6.45) is 6.60. The molecule has 2 aliphatic rings. The van der Waals surface area contributed by atoms with Crippen LogP contribution in [0.1, 0.15) is 31.2 Å². The fourth-order valence-corrected chi connectivity index (χ4v) is 3.56. The van der Waals surface area contributed by atoms with E-state index >= 15 is 0 Å². The summed E-state index contributed by atoms with van der Waals surface area (Å²) in [6.45, 7) is 0.338. The number of pyridine rings is 1. The quantitative estimate of drug-likeness (QED) is 0.763. The minimum absolute atomic E-state index is 0.177. The normalized spacial score (nSPS) is 16.9. The summed E-state index contributed by atoms with van der Waals surface area (Å²) in [7, 11) is 0. The monoisotopic (exact) mass is 368 g/mol. The number of ether oxygens (including phenoxy) is 1. The molecule has 1 aromatic heterocycles. The Bertz CT molecular complexity index is 878. The number of rotatable bonds is 4. The van der Waals surface area contributed by atoms with Crippen LogP contribution in [0.3, 0.4) is 0 Å². The van der Waals surface area contributed by atoms with E-state index in [2.05, 4.69) is 4.98 Å². The lowest BCUT2D eigenvalue weighted by atomic mass is 9.93. The Morgan fingerprint density at radius 1 is 1.00 bits per heavy atom. The van der Waals surface area contributed by atoms with Gasteiger partial charge in [-0.3, -0.25) is 14.6 Å². The Morgan fingerprint density at radius 3 is 2.27 bits per heavy atom. The summed E-state index contributed by atoms with van der Waals surface area (Å²) < 4.78 is 5.72. The summed E-state index contributed by atoms with van der Waals surface area (Å²) in [4.78, 5) is 30.4. The zero-order valence-electron chi connectivity index (χ0n) is 14.1. The molecule has 0 bridgehead atoms. The number of aromatic nitrogens is 1. The molecule has 4 rings (SSSR count). The highest BCUT2D eigenvalue weighted by molar-refractivity contribution is 6.33. The zero-order chi connectivity index (χ0) is 18.1. The molecule has 0 fully saturated rings. The fourth-order valence-electron chi connectivity index (χ4n) is 3.37. The third kappa shape index (κ3) is 3.10. The van der Waals surface area contributed by atoms with Crippen LogP contribution in [0.15, 0.2) is 53.9 Å². The van der Waals surface area contributed by atoms with Gasteiger partial charge in [-0.05, 0) is 56.0 Å². The summed E-state index contributed by atoms with van der Waals surface area (Å²) in [5.74, 6) is 0.289. The number of carbonyl (C=O) groups excluding carboxylic acids is 2. The van der Waals surface area contributed by atoms with Crippen LogP contribution in [0, 0.1) is 0 Å². The van der Waals surface area contributed by atoms with Gasteiger partial charge >= 0.3 is 0 Å². The lowest BCUT2D eigenvalue weighted by Crippen LogP contribution is -2.31. The fraction of sp³-hybridized carbons (Fsp3) is 0.250. The molecule has 1 aliphatic carbocycles. The van der Waals surface area contributed by atoms with Gasteiger partial charge in [-0.1, -0.05) is 11.6 Å². The summed E-state index contributed by atoms with van der Waals surface area (Å²) in [5, 5.41) is 0.559. The number of nitrogens with zero attached hydrogens (tertiary/aromatic N) is 2. The summed E-state index contributed by atoms with van der Waals surface area (Å²) in [6, 6.07) is 8.77. The number of hydrogen-bond acceptors (Lipinski definition) is 4. The van der Waals surface area contributed by atoms with Gasteiger partial charge in [0.25, 0.3) is 11.8 Å². The Balaban J connectivity index is 1.46. The molecule has 5 nitrogen and oxygen atoms in total. The molecule has 26 heavy (non-hydrogen) atoms. The molecule has 0 saturated heterocycles. The zero-order valence-corrected chi connectivity index (χ0v) is 14.8. The van der Waals surface area contributed by atoms with Crippen molar-refractivity contribution in [2.45, 2.75) is 32.3 Å². The molecule has 1 aromatic carbocycles. The van der Waals surface area contributed by atoms with Gasteiger partial charge in [-0.2, -0.15) is 0 Å². The first-order valence-corrected chi connectivity index (χ1v) is 8.94.